The number of rotatable bonds is 11. The maximum Gasteiger partial charge on any atom is 0.448 e. The SMILES string of the molecule is COc1cc(OC)cc(-n2cc3cnc(Nc4ccc(N5CCN(C)CC5)cc4)nc3[n+](Cc3ccc(NC(=O)CCS)cc3)c2=O)c1. The van der Waals surface area contributed by atoms with Crippen LogP contribution in [-0.2, 0) is 11.3 Å². The summed E-state index contributed by atoms with van der Waals surface area (Å²) >= 11 is 4.13. The van der Waals surface area contributed by atoms with Crippen LogP contribution in [0.15, 0.2) is 83.9 Å². The van der Waals surface area contributed by atoms with Gasteiger partial charge in [0.1, 0.15) is 29.1 Å². The number of nitrogens with zero attached hydrogens (tertiary/aromatic N) is 6. The Kier molecular flexibility index (Phi) is 10.1. The van der Waals surface area contributed by atoms with Crippen molar-refractivity contribution in [3.8, 4) is 17.2 Å². The Bertz CT molecular complexity index is 1940. The first-order chi connectivity index (χ1) is 23.3. The molecule has 6 rings (SSSR count). The molecule has 1 fully saturated rings. The molecule has 2 aromatic heterocycles. The molecular formula is C35H39N8O4S+. The number of nitrogens with one attached hydrogen (secondary N) is 2. The molecular weight excluding hydrogens is 629 g/mol. The molecule has 48 heavy (non-hydrogen) atoms. The Morgan fingerprint density at radius 2 is 1.58 bits per heavy atom. The molecule has 248 valence electrons. The van der Waals surface area contributed by atoms with Crippen molar-refractivity contribution in [2.75, 3.05) is 68.7 Å². The number of carbonyl (C=O) groups is 1. The standard InChI is InChI=1S/C35H38N8O4S/c1-40-13-15-41(16-14-40)28-10-8-27(9-11-28)38-34-36-21-25-23-42(29-18-30(46-2)20-31(19-29)47-3)35(45)43(33(25)39-34)22-24-4-6-26(7-5-24)37-32(44)12-17-48/h4-11,18-21,23H,12-17,22H2,1-3H3,(H2,37,44,48)/p+1. The van der Waals surface area contributed by atoms with E-state index in [2.05, 4.69) is 57.2 Å². The smallest absolute Gasteiger partial charge is 0.448 e. The van der Waals surface area contributed by atoms with Crippen molar-refractivity contribution in [1.29, 1.82) is 0 Å². The van der Waals surface area contributed by atoms with Gasteiger partial charge in [-0.05, 0) is 54.8 Å². The monoisotopic (exact) mass is 667 g/mol. The van der Waals surface area contributed by atoms with Crippen LogP contribution in [0.2, 0.25) is 0 Å². The Hall–Kier alpha value is -5.14. The zero-order valence-electron chi connectivity index (χ0n) is 27.2. The number of hydrogen-bond acceptors (Lipinski definition) is 10. The minimum absolute atomic E-state index is 0.108. The van der Waals surface area contributed by atoms with Gasteiger partial charge >= 0.3 is 11.6 Å². The van der Waals surface area contributed by atoms with E-state index in [1.165, 1.54) is 10.3 Å². The topological polar surface area (TPSA) is 118 Å². The van der Waals surface area contributed by atoms with E-state index in [1.807, 2.05) is 36.4 Å². The van der Waals surface area contributed by atoms with Crippen molar-refractivity contribution in [2.45, 2.75) is 13.0 Å². The van der Waals surface area contributed by atoms with Crippen LogP contribution in [-0.4, -0.2) is 78.5 Å². The Morgan fingerprint density at radius 3 is 2.23 bits per heavy atom. The molecule has 3 heterocycles. The fraction of sp³-hybridized carbons (Fsp3) is 0.286. The number of fused-ring (bicyclic) bond motifs is 1. The highest BCUT2D eigenvalue weighted by atomic mass is 32.1. The molecule has 3 aromatic carbocycles. The van der Waals surface area contributed by atoms with Gasteiger partial charge < -0.3 is 29.9 Å². The van der Waals surface area contributed by atoms with Crippen LogP contribution in [0.5, 0.6) is 11.5 Å². The van der Waals surface area contributed by atoms with Crippen LogP contribution in [0.3, 0.4) is 0 Å². The van der Waals surface area contributed by atoms with Crippen LogP contribution in [0, 0.1) is 0 Å². The quantitative estimate of drug-likeness (QED) is 0.143. The molecule has 1 aliphatic rings. The molecule has 0 atom stereocenters. The maximum atomic E-state index is 14.2. The fourth-order valence-corrected chi connectivity index (χ4v) is 5.78. The zero-order chi connectivity index (χ0) is 33.6. The van der Waals surface area contributed by atoms with Crippen molar-refractivity contribution >= 4 is 52.6 Å². The molecule has 0 saturated carbocycles. The van der Waals surface area contributed by atoms with Gasteiger partial charge in [-0.1, -0.05) is 17.1 Å². The van der Waals surface area contributed by atoms with Crippen molar-refractivity contribution in [3.05, 3.63) is 95.2 Å². The number of hydrogen-bond donors (Lipinski definition) is 3. The molecule has 1 saturated heterocycles. The summed E-state index contributed by atoms with van der Waals surface area (Å²) in [4.78, 5) is 40.4. The minimum atomic E-state index is -0.315. The van der Waals surface area contributed by atoms with E-state index >= 15 is 0 Å². The lowest BCUT2D eigenvalue weighted by Gasteiger charge is -2.34. The lowest BCUT2D eigenvalue weighted by atomic mass is 10.2. The van der Waals surface area contributed by atoms with E-state index < -0.39 is 0 Å². The molecule has 0 unspecified atom stereocenters. The zero-order valence-corrected chi connectivity index (χ0v) is 28.1. The highest BCUT2D eigenvalue weighted by Crippen LogP contribution is 2.25. The van der Waals surface area contributed by atoms with Gasteiger partial charge in [-0.2, -0.15) is 21.8 Å². The Labute approximate surface area is 284 Å². The Morgan fingerprint density at radius 1 is 0.917 bits per heavy atom. The number of amides is 1. The number of ether oxygens (including phenoxy) is 2. The number of piperazine rings is 1. The van der Waals surface area contributed by atoms with Crippen molar-refractivity contribution in [1.82, 2.24) is 19.4 Å². The summed E-state index contributed by atoms with van der Waals surface area (Å²) in [5.74, 6) is 1.82. The first-order valence-corrected chi connectivity index (χ1v) is 16.3. The number of aromatic nitrogens is 4. The molecule has 5 aromatic rings. The predicted octanol–water partition coefficient (Wildman–Crippen LogP) is 3.89. The second-order valence-corrected chi connectivity index (χ2v) is 12.0. The average Bonchev–Trinajstić information content (AvgIpc) is 3.10. The van der Waals surface area contributed by atoms with Gasteiger partial charge in [0.15, 0.2) is 0 Å². The van der Waals surface area contributed by atoms with Gasteiger partial charge in [0.25, 0.3) is 5.65 Å². The number of carbonyl (C=O) groups excluding carboxylic acids is 1. The molecule has 0 spiro atoms. The molecule has 0 bridgehead atoms. The van der Waals surface area contributed by atoms with Crippen LogP contribution >= 0.6 is 12.6 Å². The summed E-state index contributed by atoms with van der Waals surface area (Å²) in [5.41, 5.74) is 4.24. The number of thiol groups is 1. The molecule has 0 aliphatic carbocycles. The predicted molar refractivity (Wildman–Crippen MR) is 191 cm³/mol. The van der Waals surface area contributed by atoms with Crippen molar-refractivity contribution in [3.63, 3.8) is 0 Å². The fourth-order valence-electron chi connectivity index (χ4n) is 5.57. The van der Waals surface area contributed by atoms with E-state index in [-0.39, 0.29) is 18.1 Å². The summed E-state index contributed by atoms with van der Waals surface area (Å²) in [7, 11) is 5.27. The third-order valence-electron chi connectivity index (χ3n) is 8.28. The first kappa shape index (κ1) is 32.8. The molecule has 1 aliphatic heterocycles. The third-order valence-corrected chi connectivity index (χ3v) is 8.50. The normalized spacial score (nSPS) is 13.4. The van der Waals surface area contributed by atoms with Gasteiger partial charge in [0.2, 0.25) is 5.91 Å². The van der Waals surface area contributed by atoms with Gasteiger partial charge in [0, 0.05) is 74.1 Å². The number of methoxy groups -OCH3 is 2. The van der Waals surface area contributed by atoms with E-state index in [1.54, 1.807) is 49.4 Å². The van der Waals surface area contributed by atoms with Gasteiger partial charge in [-0.3, -0.25) is 4.79 Å². The first-order valence-electron chi connectivity index (χ1n) is 15.7. The average molecular weight is 668 g/mol. The largest absolute Gasteiger partial charge is 0.496 e. The Balaban J connectivity index is 1.35. The number of anilines is 4. The number of likely N-dealkylation sites (N-methyl/N-ethyl adjacent to an activating group) is 1. The third kappa shape index (κ3) is 7.53. The summed E-state index contributed by atoms with van der Waals surface area (Å²) in [6.45, 7) is 4.28. The van der Waals surface area contributed by atoms with Gasteiger partial charge in [0.05, 0.1) is 20.4 Å². The second kappa shape index (κ2) is 14.7. The highest BCUT2D eigenvalue weighted by Gasteiger charge is 2.22. The van der Waals surface area contributed by atoms with E-state index in [4.69, 9.17) is 14.5 Å². The van der Waals surface area contributed by atoms with Crippen LogP contribution in [0.4, 0.5) is 23.0 Å². The summed E-state index contributed by atoms with van der Waals surface area (Å²) in [6, 6.07) is 20.9. The van der Waals surface area contributed by atoms with Crippen LogP contribution < -0.4 is 35.3 Å². The maximum absolute atomic E-state index is 14.2. The second-order valence-electron chi connectivity index (χ2n) is 11.6. The molecule has 2 N–H and O–H groups in total. The summed E-state index contributed by atoms with van der Waals surface area (Å²) < 4.78 is 14.1. The minimum Gasteiger partial charge on any atom is -0.496 e. The van der Waals surface area contributed by atoms with Crippen molar-refractivity contribution in [2.24, 2.45) is 0 Å². The van der Waals surface area contributed by atoms with Gasteiger partial charge in [-0.15, -0.1) is 0 Å². The molecule has 1 amide bonds. The summed E-state index contributed by atoms with van der Waals surface area (Å²) in [6.07, 6.45) is 3.74. The molecule has 0 radical (unpaired) electrons. The van der Waals surface area contributed by atoms with Gasteiger partial charge in [-0.25, -0.2) is 9.78 Å². The lowest BCUT2D eigenvalue weighted by Crippen LogP contribution is -2.55. The van der Waals surface area contributed by atoms with Crippen LogP contribution in [0.25, 0.3) is 16.7 Å². The summed E-state index contributed by atoms with van der Waals surface area (Å²) in [5, 5.41) is 6.83. The lowest BCUT2D eigenvalue weighted by molar-refractivity contribution is -0.682. The number of benzene rings is 3. The van der Waals surface area contributed by atoms with Crippen LogP contribution in [0.1, 0.15) is 12.0 Å². The van der Waals surface area contributed by atoms with Crippen molar-refractivity contribution < 1.29 is 18.8 Å². The van der Waals surface area contributed by atoms with E-state index in [9.17, 15) is 9.59 Å². The molecule has 12 nitrogen and oxygen atoms in total. The highest BCUT2D eigenvalue weighted by molar-refractivity contribution is 7.80. The molecule has 13 heteroatoms. The van der Waals surface area contributed by atoms with E-state index in [0.717, 1.165) is 37.4 Å². The van der Waals surface area contributed by atoms with E-state index in [0.29, 0.717) is 52.0 Å².